The highest BCUT2D eigenvalue weighted by Gasteiger charge is 2.20. The molecule has 1 N–H and O–H groups in total. The first-order valence-corrected chi connectivity index (χ1v) is 6.24. The predicted molar refractivity (Wildman–Crippen MR) is 70.0 cm³/mol. The second kappa shape index (κ2) is 4.39. The fourth-order valence-electron chi connectivity index (χ4n) is 2.53. The minimum atomic E-state index is -0.934. The molecule has 4 heteroatoms. The number of benzene rings is 1. The van der Waals surface area contributed by atoms with Crippen molar-refractivity contribution in [2.24, 2.45) is 0 Å². The van der Waals surface area contributed by atoms with E-state index in [2.05, 4.69) is 0 Å². The van der Waals surface area contributed by atoms with Crippen molar-refractivity contribution < 1.29 is 14.7 Å². The van der Waals surface area contributed by atoms with Gasteiger partial charge in [0.25, 0.3) is 0 Å². The zero-order chi connectivity index (χ0) is 13.4. The summed E-state index contributed by atoms with van der Waals surface area (Å²) in [4.78, 5) is 22.6. The third-order valence-corrected chi connectivity index (χ3v) is 3.50. The molecule has 96 valence electrons. The lowest BCUT2D eigenvalue weighted by Crippen LogP contribution is -2.12. The number of carboxylic acid groups (broad SMARTS) is 1. The van der Waals surface area contributed by atoms with Crippen LogP contribution in [0.3, 0.4) is 0 Å². The number of aromatic carboxylic acids is 1. The number of hydrogen-bond donors (Lipinski definition) is 1. The van der Waals surface area contributed by atoms with Gasteiger partial charge in [-0.1, -0.05) is 0 Å². The molecule has 0 amide bonds. The summed E-state index contributed by atoms with van der Waals surface area (Å²) in [7, 11) is 0. The molecule has 1 aliphatic rings. The molecule has 0 saturated heterocycles. The molecule has 0 spiro atoms. The van der Waals surface area contributed by atoms with Gasteiger partial charge in [0.1, 0.15) is 0 Å². The van der Waals surface area contributed by atoms with E-state index in [-0.39, 0.29) is 11.3 Å². The number of Topliss-reactive ketones (excluding diaryl/α,β-unsaturated/α-hetero) is 1. The zero-order valence-corrected chi connectivity index (χ0v) is 10.3. The lowest BCUT2D eigenvalue weighted by Gasteiger charge is -2.15. The summed E-state index contributed by atoms with van der Waals surface area (Å²) in [5.74, 6) is -0.738. The molecule has 1 aromatic heterocycles. The third-order valence-electron chi connectivity index (χ3n) is 3.50. The van der Waals surface area contributed by atoms with Crippen LogP contribution in [-0.4, -0.2) is 21.4 Å². The second-order valence-electron chi connectivity index (χ2n) is 4.67. The van der Waals surface area contributed by atoms with Gasteiger partial charge in [-0.05, 0) is 43.2 Å². The van der Waals surface area contributed by atoms with Crippen molar-refractivity contribution in [1.82, 2.24) is 4.57 Å². The molecule has 0 bridgehead atoms. The van der Waals surface area contributed by atoms with Gasteiger partial charge in [0, 0.05) is 29.6 Å². The molecule has 0 aliphatic heterocycles. The maximum absolute atomic E-state index is 11.8. The van der Waals surface area contributed by atoms with Crippen LogP contribution >= 0.6 is 0 Å². The Bertz CT molecular complexity index is 653. The van der Waals surface area contributed by atoms with Crippen LogP contribution in [0.15, 0.2) is 36.5 Å². The monoisotopic (exact) mass is 255 g/mol. The van der Waals surface area contributed by atoms with Crippen LogP contribution < -0.4 is 0 Å². The van der Waals surface area contributed by atoms with Gasteiger partial charge in [0.05, 0.1) is 5.56 Å². The second-order valence-corrected chi connectivity index (χ2v) is 4.67. The van der Waals surface area contributed by atoms with Gasteiger partial charge in [-0.15, -0.1) is 0 Å². The van der Waals surface area contributed by atoms with E-state index in [4.69, 9.17) is 5.11 Å². The van der Waals surface area contributed by atoms with E-state index in [9.17, 15) is 9.59 Å². The molecule has 0 saturated carbocycles. The van der Waals surface area contributed by atoms with Crippen LogP contribution in [-0.2, 0) is 6.42 Å². The van der Waals surface area contributed by atoms with E-state index < -0.39 is 5.97 Å². The number of ketones is 1. The largest absolute Gasteiger partial charge is 0.478 e. The van der Waals surface area contributed by atoms with Gasteiger partial charge < -0.3 is 9.67 Å². The Hall–Kier alpha value is -2.36. The van der Waals surface area contributed by atoms with E-state index in [0.29, 0.717) is 6.42 Å². The molecule has 2 aromatic rings. The summed E-state index contributed by atoms with van der Waals surface area (Å²) < 4.78 is 1.97. The summed E-state index contributed by atoms with van der Waals surface area (Å²) in [6.45, 7) is 0. The Kier molecular flexibility index (Phi) is 2.71. The summed E-state index contributed by atoms with van der Waals surface area (Å²) in [5, 5.41) is 8.88. The molecule has 0 atom stereocenters. The Labute approximate surface area is 110 Å². The lowest BCUT2D eigenvalue weighted by atomic mass is 9.97. The van der Waals surface area contributed by atoms with Crippen molar-refractivity contribution >= 4 is 11.8 Å². The average molecular weight is 255 g/mol. The molecular weight excluding hydrogens is 242 g/mol. The van der Waals surface area contributed by atoms with Gasteiger partial charge in [0.2, 0.25) is 0 Å². The highest BCUT2D eigenvalue weighted by atomic mass is 16.4. The maximum atomic E-state index is 11.8. The molecule has 1 aromatic carbocycles. The van der Waals surface area contributed by atoms with E-state index in [1.165, 1.54) is 0 Å². The fourth-order valence-corrected chi connectivity index (χ4v) is 2.53. The Morgan fingerprint density at radius 3 is 2.53 bits per heavy atom. The van der Waals surface area contributed by atoms with E-state index in [1.807, 2.05) is 16.8 Å². The number of carbonyl (C=O) groups excluding carboxylic acids is 1. The summed E-state index contributed by atoms with van der Waals surface area (Å²) in [5.41, 5.74) is 2.98. The van der Waals surface area contributed by atoms with Crippen molar-refractivity contribution in [2.45, 2.75) is 19.3 Å². The first-order chi connectivity index (χ1) is 9.16. The third kappa shape index (κ3) is 1.95. The smallest absolute Gasteiger partial charge is 0.335 e. The van der Waals surface area contributed by atoms with E-state index in [0.717, 1.165) is 29.8 Å². The van der Waals surface area contributed by atoms with Gasteiger partial charge in [-0.25, -0.2) is 4.79 Å². The fraction of sp³-hybridized carbons (Fsp3) is 0.200. The van der Waals surface area contributed by atoms with Crippen LogP contribution in [0.1, 0.15) is 39.3 Å². The molecule has 19 heavy (non-hydrogen) atoms. The summed E-state index contributed by atoms with van der Waals surface area (Å²) >= 11 is 0. The van der Waals surface area contributed by atoms with Crippen molar-refractivity contribution in [1.29, 1.82) is 0 Å². The lowest BCUT2D eigenvalue weighted by molar-refractivity contribution is 0.0696. The van der Waals surface area contributed by atoms with Crippen LogP contribution in [0.2, 0.25) is 0 Å². The quantitative estimate of drug-likeness (QED) is 0.897. The molecule has 3 rings (SSSR count). The number of rotatable bonds is 2. The zero-order valence-electron chi connectivity index (χ0n) is 10.3. The van der Waals surface area contributed by atoms with Crippen LogP contribution in [0.5, 0.6) is 0 Å². The maximum Gasteiger partial charge on any atom is 0.335 e. The average Bonchev–Trinajstić information content (AvgIpc) is 2.84. The molecule has 0 fully saturated rings. The first kappa shape index (κ1) is 11.7. The Balaban J connectivity index is 2.03. The Morgan fingerprint density at radius 2 is 1.84 bits per heavy atom. The summed E-state index contributed by atoms with van der Waals surface area (Å²) in [6.07, 6.45) is 4.26. The van der Waals surface area contributed by atoms with Crippen LogP contribution in [0.4, 0.5) is 0 Å². The molecular formula is C15H13NO3. The highest BCUT2D eigenvalue weighted by molar-refractivity contribution is 5.98. The number of carboxylic acids is 1. The van der Waals surface area contributed by atoms with Gasteiger partial charge in [-0.3, -0.25) is 4.79 Å². The highest BCUT2D eigenvalue weighted by Crippen LogP contribution is 2.25. The minimum absolute atomic E-state index is 0.196. The van der Waals surface area contributed by atoms with Crippen molar-refractivity contribution in [3.8, 4) is 5.69 Å². The Morgan fingerprint density at radius 1 is 1.11 bits per heavy atom. The minimum Gasteiger partial charge on any atom is -0.478 e. The molecule has 4 nitrogen and oxygen atoms in total. The standard InChI is InChI=1S/C15H13NO3/c17-14-3-1-2-13-12(14)8-9-16(13)11-6-4-10(5-7-11)15(18)19/h4-9H,1-3H2,(H,18,19). The number of aromatic nitrogens is 1. The summed E-state index contributed by atoms with van der Waals surface area (Å²) in [6, 6.07) is 8.54. The van der Waals surface area contributed by atoms with Crippen molar-refractivity contribution in [3.05, 3.63) is 53.3 Å². The molecule has 0 unspecified atom stereocenters. The number of hydrogen-bond acceptors (Lipinski definition) is 2. The molecule has 1 aliphatic carbocycles. The predicted octanol–water partition coefficient (Wildman–Crippen LogP) is 2.69. The van der Waals surface area contributed by atoms with Crippen LogP contribution in [0, 0.1) is 0 Å². The van der Waals surface area contributed by atoms with Crippen LogP contribution in [0.25, 0.3) is 5.69 Å². The van der Waals surface area contributed by atoms with E-state index >= 15 is 0 Å². The molecule has 0 radical (unpaired) electrons. The topological polar surface area (TPSA) is 59.3 Å². The first-order valence-electron chi connectivity index (χ1n) is 6.24. The van der Waals surface area contributed by atoms with E-state index in [1.54, 1.807) is 24.3 Å². The number of carbonyl (C=O) groups is 2. The normalized spacial score (nSPS) is 14.2. The SMILES string of the molecule is O=C(O)c1ccc(-n2ccc3c2CCCC3=O)cc1. The van der Waals surface area contributed by atoms with Gasteiger partial charge >= 0.3 is 5.97 Å². The van der Waals surface area contributed by atoms with Crippen molar-refractivity contribution in [2.75, 3.05) is 0 Å². The number of fused-ring (bicyclic) bond motifs is 1. The van der Waals surface area contributed by atoms with Gasteiger partial charge in [-0.2, -0.15) is 0 Å². The molecule has 1 heterocycles. The van der Waals surface area contributed by atoms with Crippen molar-refractivity contribution in [3.63, 3.8) is 0 Å². The number of nitrogens with zero attached hydrogens (tertiary/aromatic N) is 1. The van der Waals surface area contributed by atoms with Gasteiger partial charge in [0.15, 0.2) is 5.78 Å².